The van der Waals surface area contributed by atoms with Crippen molar-refractivity contribution < 1.29 is 29.6 Å². The maximum atomic E-state index is 11.8. The second-order valence-corrected chi connectivity index (χ2v) is 5.47. The van der Waals surface area contributed by atoms with Crippen LogP contribution >= 0.6 is 0 Å². The maximum absolute atomic E-state index is 11.8. The molecule has 0 saturated carbocycles. The summed E-state index contributed by atoms with van der Waals surface area (Å²) >= 11 is 0. The zero-order valence-corrected chi connectivity index (χ0v) is 11.9. The van der Waals surface area contributed by atoms with Crippen molar-refractivity contribution in [2.75, 3.05) is 20.2 Å². The summed E-state index contributed by atoms with van der Waals surface area (Å²) in [5.74, 6) is -0.978. The molecule has 112 valence electrons. The van der Waals surface area contributed by atoms with Crippen LogP contribution < -0.4 is 0 Å². The summed E-state index contributed by atoms with van der Waals surface area (Å²) in [7, 11) is 1.39. The predicted molar refractivity (Wildman–Crippen MR) is 68.0 cm³/mol. The molecule has 0 aromatic carbocycles. The number of aliphatic carboxylic acids is 1. The van der Waals surface area contributed by atoms with E-state index in [1.54, 1.807) is 20.8 Å². The molecule has 0 bridgehead atoms. The van der Waals surface area contributed by atoms with Crippen molar-refractivity contribution in [2.24, 2.45) is 0 Å². The van der Waals surface area contributed by atoms with Crippen LogP contribution in [0, 0.1) is 0 Å². The molecule has 1 heterocycles. The number of methoxy groups -OCH3 is 1. The number of amides is 1. The summed E-state index contributed by atoms with van der Waals surface area (Å²) in [5, 5.41) is 9.14. The third-order valence-corrected chi connectivity index (χ3v) is 3.00. The molecule has 0 atom stereocenters. The van der Waals surface area contributed by atoms with E-state index in [-0.39, 0.29) is 18.3 Å². The molecular weight excluding hydrogens is 254 g/mol. The van der Waals surface area contributed by atoms with Crippen LogP contribution in [0.3, 0.4) is 0 Å². The zero-order valence-electron chi connectivity index (χ0n) is 11.9. The highest BCUT2D eigenvalue weighted by Crippen LogP contribution is 2.27. The van der Waals surface area contributed by atoms with Gasteiger partial charge in [-0.25, -0.2) is 9.59 Å². The molecule has 0 aromatic heterocycles. The van der Waals surface area contributed by atoms with Crippen LogP contribution in [0.15, 0.2) is 0 Å². The molecule has 0 aromatic rings. The van der Waals surface area contributed by atoms with Crippen molar-refractivity contribution in [2.45, 2.75) is 44.8 Å². The molecule has 0 unspecified atom stereocenters. The maximum Gasteiger partial charge on any atom is 0.410 e. The second-order valence-electron chi connectivity index (χ2n) is 5.47. The number of likely N-dealkylation sites (tertiary alicyclic amines) is 1. The molecule has 1 aliphatic rings. The summed E-state index contributed by atoms with van der Waals surface area (Å²) in [6.45, 7) is 6.05. The van der Waals surface area contributed by atoms with Crippen LogP contribution in [0.25, 0.3) is 0 Å². The first-order valence-electron chi connectivity index (χ1n) is 5.97. The first kappa shape index (κ1) is 17.7. The topological polar surface area (TPSA) is 108 Å². The van der Waals surface area contributed by atoms with E-state index in [9.17, 15) is 9.59 Å². The van der Waals surface area contributed by atoms with Gasteiger partial charge in [0, 0.05) is 33.0 Å². The average molecular weight is 277 g/mol. The van der Waals surface area contributed by atoms with Crippen molar-refractivity contribution in [3.63, 3.8) is 0 Å². The van der Waals surface area contributed by atoms with Crippen molar-refractivity contribution in [1.82, 2.24) is 4.90 Å². The van der Waals surface area contributed by atoms with Crippen LogP contribution in [-0.4, -0.2) is 58.9 Å². The van der Waals surface area contributed by atoms with Crippen LogP contribution in [-0.2, 0) is 14.3 Å². The first-order chi connectivity index (χ1) is 8.20. The molecule has 0 radical (unpaired) electrons. The Hall–Kier alpha value is -1.34. The highest BCUT2D eigenvalue weighted by molar-refractivity contribution is 5.78. The lowest BCUT2D eigenvalue weighted by Crippen LogP contribution is -2.52. The fourth-order valence-electron chi connectivity index (χ4n) is 1.88. The molecule has 7 nitrogen and oxygen atoms in total. The minimum absolute atomic E-state index is 0. The quantitative estimate of drug-likeness (QED) is 0.797. The normalized spacial score (nSPS) is 18.4. The summed E-state index contributed by atoms with van der Waals surface area (Å²) in [5.41, 5.74) is -1.71. The number of carbonyl (C=O) groups excluding carboxylic acids is 1. The third kappa shape index (κ3) is 4.36. The van der Waals surface area contributed by atoms with Gasteiger partial charge in [-0.2, -0.15) is 0 Å². The van der Waals surface area contributed by atoms with Crippen molar-refractivity contribution in [3.8, 4) is 0 Å². The second kappa shape index (κ2) is 6.21. The smallest absolute Gasteiger partial charge is 0.410 e. The van der Waals surface area contributed by atoms with Gasteiger partial charge in [0.25, 0.3) is 0 Å². The van der Waals surface area contributed by atoms with Crippen molar-refractivity contribution in [3.05, 3.63) is 0 Å². The largest absolute Gasteiger partial charge is 0.479 e. The SMILES string of the molecule is COC1(C(=O)O)CCN(C(=O)OC(C)(C)C)CC1.O. The lowest BCUT2D eigenvalue weighted by Gasteiger charge is -2.38. The lowest BCUT2D eigenvalue weighted by molar-refractivity contribution is -0.167. The first-order valence-corrected chi connectivity index (χ1v) is 5.97. The Balaban J connectivity index is 0.00000324. The van der Waals surface area contributed by atoms with E-state index in [0.717, 1.165) is 0 Å². The molecule has 1 saturated heterocycles. The van der Waals surface area contributed by atoms with Gasteiger partial charge >= 0.3 is 12.1 Å². The predicted octanol–water partition coefficient (Wildman–Crippen LogP) is 0.662. The summed E-state index contributed by atoms with van der Waals surface area (Å²) in [4.78, 5) is 24.5. The minimum atomic E-state index is -1.17. The van der Waals surface area contributed by atoms with Crippen LogP contribution in [0.1, 0.15) is 33.6 Å². The van der Waals surface area contributed by atoms with Gasteiger partial charge < -0.3 is 25.0 Å². The van der Waals surface area contributed by atoms with E-state index in [0.29, 0.717) is 13.1 Å². The van der Waals surface area contributed by atoms with Gasteiger partial charge in [-0.1, -0.05) is 0 Å². The van der Waals surface area contributed by atoms with Crippen molar-refractivity contribution in [1.29, 1.82) is 0 Å². The van der Waals surface area contributed by atoms with Gasteiger partial charge in [0.15, 0.2) is 5.60 Å². The molecule has 19 heavy (non-hydrogen) atoms. The van der Waals surface area contributed by atoms with Gasteiger partial charge in [-0.3, -0.25) is 0 Å². The number of rotatable bonds is 2. The number of carboxylic acid groups (broad SMARTS) is 1. The Bertz CT molecular complexity index is 328. The Morgan fingerprint density at radius 3 is 2.00 bits per heavy atom. The number of piperidine rings is 1. The Morgan fingerprint density at radius 2 is 1.68 bits per heavy atom. The van der Waals surface area contributed by atoms with Crippen LogP contribution in [0.4, 0.5) is 4.79 Å². The molecule has 0 spiro atoms. The molecule has 1 rings (SSSR count). The number of ether oxygens (including phenoxy) is 2. The molecule has 7 heteroatoms. The van der Waals surface area contributed by atoms with Crippen molar-refractivity contribution >= 4 is 12.1 Å². The van der Waals surface area contributed by atoms with E-state index in [1.807, 2.05) is 0 Å². The fourth-order valence-corrected chi connectivity index (χ4v) is 1.88. The van der Waals surface area contributed by atoms with Gasteiger partial charge in [-0.15, -0.1) is 0 Å². The highest BCUT2D eigenvalue weighted by Gasteiger charge is 2.43. The van der Waals surface area contributed by atoms with Crippen LogP contribution in [0.2, 0.25) is 0 Å². The van der Waals surface area contributed by atoms with E-state index in [1.165, 1.54) is 12.0 Å². The zero-order chi connectivity index (χ0) is 14.0. The van der Waals surface area contributed by atoms with Crippen LogP contribution in [0.5, 0.6) is 0 Å². The van der Waals surface area contributed by atoms with Gasteiger partial charge in [-0.05, 0) is 20.8 Å². The van der Waals surface area contributed by atoms with Gasteiger partial charge in [0.05, 0.1) is 0 Å². The molecule has 1 fully saturated rings. The van der Waals surface area contributed by atoms with E-state index < -0.39 is 23.3 Å². The third-order valence-electron chi connectivity index (χ3n) is 3.00. The fraction of sp³-hybridized carbons (Fsp3) is 0.833. The van der Waals surface area contributed by atoms with Gasteiger partial charge in [0.1, 0.15) is 5.60 Å². The molecule has 1 aliphatic heterocycles. The van der Waals surface area contributed by atoms with E-state index in [4.69, 9.17) is 14.6 Å². The molecular formula is C12H23NO6. The number of nitrogens with zero attached hydrogens (tertiary/aromatic N) is 1. The molecule has 1 amide bonds. The summed E-state index contributed by atoms with van der Waals surface area (Å²) in [6, 6.07) is 0. The molecule has 3 N–H and O–H groups in total. The average Bonchev–Trinajstić information content (AvgIpc) is 2.26. The Kier molecular flexibility index (Phi) is 5.77. The standard InChI is InChI=1S/C12H21NO5.H2O/c1-11(2,3)18-10(16)13-7-5-12(17-4,6-8-13)9(14)15;/h5-8H2,1-4H3,(H,14,15);1H2. The number of hydrogen-bond donors (Lipinski definition) is 1. The van der Waals surface area contributed by atoms with E-state index in [2.05, 4.69) is 0 Å². The monoisotopic (exact) mass is 277 g/mol. The Labute approximate surface area is 112 Å². The Morgan fingerprint density at radius 1 is 1.21 bits per heavy atom. The summed E-state index contributed by atoms with van der Waals surface area (Å²) in [6.07, 6.45) is 0.147. The summed E-state index contributed by atoms with van der Waals surface area (Å²) < 4.78 is 10.3. The number of carboxylic acids is 1. The van der Waals surface area contributed by atoms with Gasteiger partial charge in [0.2, 0.25) is 0 Å². The highest BCUT2D eigenvalue weighted by atomic mass is 16.6. The molecule has 0 aliphatic carbocycles. The number of carbonyl (C=O) groups is 2. The van der Waals surface area contributed by atoms with E-state index >= 15 is 0 Å². The number of hydrogen-bond acceptors (Lipinski definition) is 4. The lowest BCUT2D eigenvalue weighted by atomic mass is 9.91. The minimum Gasteiger partial charge on any atom is -0.479 e.